The zero-order chi connectivity index (χ0) is 17.0. The average Bonchev–Trinajstić information content (AvgIpc) is 2.77. The highest BCUT2D eigenvalue weighted by Crippen LogP contribution is 2.21. The third kappa shape index (κ3) is 3.65. The fraction of sp³-hybridized carbons (Fsp3) is 0.333. The van der Waals surface area contributed by atoms with Crippen molar-refractivity contribution in [1.29, 1.82) is 0 Å². The van der Waals surface area contributed by atoms with Gasteiger partial charge in [0, 0.05) is 27.2 Å². The molecule has 0 radical (unpaired) electrons. The number of benzene rings is 1. The molecule has 2 N–H and O–H groups in total. The van der Waals surface area contributed by atoms with Crippen LogP contribution in [0.1, 0.15) is 20.7 Å². The van der Waals surface area contributed by atoms with Crippen LogP contribution in [0, 0.1) is 0 Å². The van der Waals surface area contributed by atoms with E-state index >= 15 is 0 Å². The van der Waals surface area contributed by atoms with E-state index < -0.39 is 17.7 Å². The minimum Gasteiger partial charge on any atom is -0.353 e. The molecule has 0 unspecified atom stereocenters. The molecule has 5 amide bonds. The summed E-state index contributed by atoms with van der Waals surface area (Å²) in [5.74, 6) is -1.40. The molecule has 0 atom stereocenters. The lowest BCUT2D eigenvalue weighted by molar-refractivity contribution is -0.121. The molecule has 0 fully saturated rings. The van der Waals surface area contributed by atoms with Gasteiger partial charge in [-0.05, 0) is 12.1 Å². The van der Waals surface area contributed by atoms with Crippen molar-refractivity contribution in [3.63, 3.8) is 0 Å². The number of fused-ring (bicyclic) bond motifs is 1. The van der Waals surface area contributed by atoms with Gasteiger partial charge in [-0.1, -0.05) is 12.1 Å². The monoisotopic (exact) mass is 318 g/mol. The lowest BCUT2D eigenvalue weighted by Gasteiger charge is -2.14. The average molecular weight is 318 g/mol. The zero-order valence-corrected chi connectivity index (χ0v) is 13.0. The molecule has 1 aromatic carbocycles. The molecule has 1 heterocycles. The number of nitrogens with one attached hydrogen (secondary N) is 2. The van der Waals surface area contributed by atoms with E-state index in [9.17, 15) is 19.2 Å². The van der Waals surface area contributed by atoms with Crippen molar-refractivity contribution in [2.75, 3.05) is 33.7 Å². The molecule has 8 nitrogen and oxygen atoms in total. The second kappa shape index (κ2) is 6.91. The van der Waals surface area contributed by atoms with Crippen LogP contribution in [0.5, 0.6) is 0 Å². The van der Waals surface area contributed by atoms with Crippen molar-refractivity contribution in [2.24, 2.45) is 0 Å². The Morgan fingerprint density at radius 1 is 1.00 bits per heavy atom. The molecule has 8 heteroatoms. The van der Waals surface area contributed by atoms with Crippen LogP contribution in [0.4, 0.5) is 4.79 Å². The van der Waals surface area contributed by atoms with E-state index in [1.54, 1.807) is 38.4 Å². The van der Waals surface area contributed by atoms with Gasteiger partial charge in [-0.15, -0.1) is 0 Å². The Bertz CT molecular complexity index is 622. The van der Waals surface area contributed by atoms with Gasteiger partial charge < -0.3 is 15.5 Å². The van der Waals surface area contributed by atoms with E-state index in [-0.39, 0.29) is 25.7 Å². The summed E-state index contributed by atoms with van der Waals surface area (Å²) < 4.78 is 0. The first-order valence-corrected chi connectivity index (χ1v) is 7.09. The fourth-order valence-electron chi connectivity index (χ4n) is 2.11. The molecule has 0 aliphatic carbocycles. The summed E-state index contributed by atoms with van der Waals surface area (Å²) in [5.41, 5.74) is 0.618. The van der Waals surface area contributed by atoms with Crippen LogP contribution in [-0.4, -0.2) is 67.3 Å². The number of amides is 5. The van der Waals surface area contributed by atoms with Crippen molar-refractivity contribution >= 4 is 23.8 Å². The Labute approximate surface area is 133 Å². The van der Waals surface area contributed by atoms with Crippen LogP contribution in [0.15, 0.2) is 24.3 Å². The minimum absolute atomic E-state index is 0.210. The van der Waals surface area contributed by atoms with Gasteiger partial charge in [-0.3, -0.25) is 19.3 Å². The Kier molecular flexibility index (Phi) is 4.95. The van der Waals surface area contributed by atoms with E-state index in [1.807, 2.05) is 0 Å². The van der Waals surface area contributed by atoms with Crippen molar-refractivity contribution in [3.8, 4) is 0 Å². The van der Waals surface area contributed by atoms with Gasteiger partial charge in [0.25, 0.3) is 11.8 Å². The van der Waals surface area contributed by atoms with Gasteiger partial charge in [0.2, 0.25) is 5.91 Å². The van der Waals surface area contributed by atoms with Crippen LogP contribution < -0.4 is 10.6 Å². The van der Waals surface area contributed by atoms with E-state index in [4.69, 9.17) is 0 Å². The van der Waals surface area contributed by atoms with E-state index in [2.05, 4.69) is 10.6 Å². The summed E-state index contributed by atoms with van der Waals surface area (Å²) in [6.45, 7) is 0.125. The van der Waals surface area contributed by atoms with Crippen molar-refractivity contribution in [3.05, 3.63) is 35.4 Å². The van der Waals surface area contributed by atoms with E-state index in [0.717, 1.165) is 4.90 Å². The summed E-state index contributed by atoms with van der Waals surface area (Å²) in [7, 11) is 3.21. The number of hydrogen-bond donors (Lipinski definition) is 2. The minimum atomic E-state index is -0.471. The predicted octanol–water partition coefficient (Wildman–Crippen LogP) is -0.330. The molecular formula is C15H18N4O4. The van der Waals surface area contributed by atoms with Crippen molar-refractivity contribution < 1.29 is 19.2 Å². The molecule has 2 rings (SSSR count). The second-order valence-corrected chi connectivity index (χ2v) is 5.22. The van der Waals surface area contributed by atoms with Gasteiger partial charge in [0.1, 0.15) is 6.54 Å². The number of carbonyl (C=O) groups is 4. The first-order chi connectivity index (χ1) is 10.9. The SMILES string of the molecule is CN(C)C(=O)NCCNC(=O)CN1C(=O)c2ccccc2C1=O. The molecule has 23 heavy (non-hydrogen) atoms. The maximum absolute atomic E-state index is 12.1. The molecule has 1 aromatic rings. The molecule has 1 aliphatic rings. The molecule has 1 aliphatic heterocycles. The molecule has 122 valence electrons. The smallest absolute Gasteiger partial charge is 0.316 e. The third-order valence-electron chi connectivity index (χ3n) is 3.31. The highest BCUT2D eigenvalue weighted by molar-refractivity contribution is 6.22. The summed E-state index contributed by atoms with van der Waals surface area (Å²) >= 11 is 0. The highest BCUT2D eigenvalue weighted by Gasteiger charge is 2.36. The molecule has 0 saturated heterocycles. The van der Waals surface area contributed by atoms with Gasteiger partial charge in [-0.25, -0.2) is 4.79 Å². The van der Waals surface area contributed by atoms with Gasteiger partial charge in [0.05, 0.1) is 11.1 Å². The molecule has 0 bridgehead atoms. The number of hydrogen-bond acceptors (Lipinski definition) is 4. The Hall–Kier alpha value is -2.90. The van der Waals surface area contributed by atoms with E-state index in [0.29, 0.717) is 11.1 Å². The summed E-state index contributed by atoms with van der Waals surface area (Å²) in [6.07, 6.45) is 0. The number of imide groups is 1. The first-order valence-electron chi connectivity index (χ1n) is 7.09. The molecule has 0 aromatic heterocycles. The quantitative estimate of drug-likeness (QED) is 0.573. The van der Waals surface area contributed by atoms with Crippen LogP contribution >= 0.6 is 0 Å². The highest BCUT2D eigenvalue weighted by atomic mass is 16.2. The molecule has 0 saturated carbocycles. The van der Waals surface area contributed by atoms with Crippen LogP contribution in [0.2, 0.25) is 0 Å². The maximum Gasteiger partial charge on any atom is 0.316 e. The fourth-order valence-corrected chi connectivity index (χ4v) is 2.11. The van der Waals surface area contributed by atoms with Crippen LogP contribution in [-0.2, 0) is 4.79 Å². The largest absolute Gasteiger partial charge is 0.353 e. The first kappa shape index (κ1) is 16.5. The zero-order valence-electron chi connectivity index (χ0n) is 13.0. The number of carbonyl (C=O) groups excluding carboxylic acids is 4. The summed E-state index contributed by atoms with van der Waals surface area (Å²) in [4.78, 5) is 49.6. The second-order valence-electron chi connectivity index (χ2n) is 5.22. The molecule has 0 spiro atoms. The van der Waals surface area contributed by atoms with Crippen LogP contribution in [0.25, 0.3) is 0 Å². The lowest BCUT2D eigenvalue weighted by atomic mass is 10.1. The van der Waals surface area contributed by atoms with Crippen molar-refractivity contribution in [2.45, 2.75) is 0 Å². The number of nitrogens with zero attached hydrogens (tertiary/aromatic N) is 2. The number of rotatable bonds is 5. The van der Waals surface area contributed by atoms with E-state index in [1.165, 1.54) is 4.90 Å². The topological polar surface area (TPSA) is 98.8 Å². The summed E-state index contributed by atoms with van der Waals surface area (Å²) in [5, 5.41) is 5.14. The Morgan fingerprint density at radius 3 is 2.04 bits per heavy atom. The normalized spacial score (nSPS) is 12.9. The van der Waals surface area contributed by atoms with Crippen LogP contribution in [0.3, 0.4) is 0 Å². The predicted molar refractivity (Wildman–Crippen MR) is 81.9 cm³/mol. The van der Waals surface area contributed by atoms with Gasteiger partial charge >= 0.3 is 6.03 Å². The number of urea groups is 1. The van der Waals surface area contributed by atoms with Gasteiger partial charge in [-0.2, -0.15) is 0 Å². The third-order valence-corrected chi connectivity index (χ3v) is 3.31. The molecular weight excluding hydrogens is 300 g/mol. The Balaban J connectivity index is 1.82. The lowest BCUT2D eigenvalue weighted by Crippen LogP contribution is -2.43. The van der Waals surface area contributed by atoms with Gasteiger partial charge in [0.15, 0.2) is 0 Å². The Morgan fingerprint density at radius 2 is 1.52 bits per heavy atom. The summed E-state index contributed by atoms with van der Waals surface area (Å²) in [6, 6.07) is 6.19. The van der Waals surface area contributed by atoms with Crippen molar-refractivity contribution in [1.82, 2.24) is 20.4 Å². The standard InChI is InChI=1S/C15H18N4O4/c1-18(2)15(23)17-8-7-16-12(20)9-19-13(21)10-5-3-4-6-11(10)14(19)22/h3-6H,7-9H2,1-2H3,(H,16,20)(H,17,23). The maximum atomic E-state index is 12.1.